The van der Waals surface area contributed by atoms with Gasteiger partial charge in [0.05, 0.1) is 0 Å². The Kier molecular flexibility index (Phi) is 13200. The Labute approximate surface area is 257 Å². The third kappa shape index (κ3) is 1530. The van der Waals surface area contributed by atoms with Crippen molar-refractivity contribution in [3.05, 3.63) is 39.4 Å². The third-order valence-electron chi connectivity index (χ3n) is 0. The van der Waals surface area contributed by atoms with Gasteiger partial charge in [-0.2, -0.15) is 0 Å². The Hall–Kier alpha value is 2.21. The van der Waals surface area contributed by atoms with Gasteiger partial charge in [-0.1, -0.05) is 0 Å². The van der Waals surface area contributed by atoms with Gasteiger partial charge in [-0.25, -0.2) is 0 Å². The van der Waals surface area contributed by atoms with Crippen LogP contribution < -0.4 is 51.4 Å². The van der Waals surface area contributed by atoms with Gasteiger partial charge in [0, 0.05) is 103 Å². The molecule has 0 rings (SSSR count). The van der Waals surface area contributed by atoms with E-state index in [9.17, 15) is 0 Å². The third-order valence-corrected chi connectivity index (χ3v) is 0. The molecule has 0 fully saturated rings. The van der Waals surface area contributed by atoms with Gasteiger partial charge in [-0.05, 0) is 0 Å². The van der Waals surface area contributed by atoms with Crippen LogP contribution in [-0.2, 0) is 17.1 Å². The van der Waals surface area contributed by atoms with Crippen LogP contribution >= 0.6 is 0 Å². The van der Waals surface area contributed by atoms with Gasteiger partial charge in [0.25, 0.3) is 0 Å². The molecular weight excluding hydrogens is 393 g/mol. The van der Waals surface area contributed by atoms with E-state index in [-0.39, 0.29) is 193 Å². The van der Waals surface area contributed by atoms with Crippen LogP contribution in [-0.4, -0.2) is 125 Å². The quantitative estimate of drug-likeness (QED) is 0.281. The van der Waals surface area contributed by atoms with Crippen LogP contribution in [0.25, 0.3) is 0 Å². The zero-order valence-electron chi connectivity index (χ0n) is 11.0. The molecular formula is C6H8FeK3N6O4. The van der Waals surface area contributed by atoms with Gasteiger partial charge in [0.1, 0.15) is 0 Å². The summed E-state index contributed by atoms with van der Waals surface area (Å²) in [6, 6.07) is 0. The first kappa shape index (κ1) is 148. The maximum absolute atomic E-state index is 6.25. The van der Waals surface area contributed by atoms with E-state index in [1.807, 2.05) is 0 Å². The number of rotatable bonds is 0. The summed E-state index contributed by atoms with van der Waals surface area (Å²) in [7, 11) is 0. The molecule has 8 N–H and O–H groups in total. The zero-order chi connectivity index (χ0) is 12.0. The Morgan fingerprint density at radius 1 is 0.350 bits per heavy atom. The molecule has 0 aromatic heterocycles. The van der Waals surface area contributed by atoms with E-state index in [0.717, 1.165) is 0 Å². The molecule has 0 heterocycles. The predicted octanol–water partition coefficient (Wildman–Crippen LogP) is -6.48. The van der Waals surface area contributed by atoms with Crippen LogP contribution in [0.1, 0.15) is 0 Å². The van der Waals surface area contributed by atoms with E-state index in [2.05, 4.69) is 0 Å². The van der Waals surface area contributed by atoms with E-state index >= 15 is 0 Å². The summed E-state index contributed by atoms with van der Waals surface area (Å²) in [5, 5.41) is 37.5. The van der Waals surface area contributed by atoms with Gasteiger partial charge < -0.3 is 92.9 Å². The molecule has 0 bridgehead atoms. The van der Waals surface area contributed by atoms with Crippen molar-refractivity contribution in [3.8, 4) is 0 Å². The van der Waals surface area contributed by atoms with E-state index < -0.39 is 0 Å². The fraction of sp³-hybridized carbons (Fsp3) is 0. The van der Waals surface area contributed by atoms with E-state index in [1.165, 1.54) is 0 Å². The van der Waals surface area contributed by atoms with Crippen molar-refractivity contribution in [1.29, 1.82) is 31.6 Å². The zero-order valence-corrected chi connectivity index (χ0v) is 21.5. The molecule has 0 aromatic carbocycles. The minimum atomic E-state index is 0. The Bertz CT molecular complexity index is 118. The summed E-state index contributed by atoms with van der Waals surface area (Å²) in [6.45, 7) is 28.5. The molecule has 0 saturated heterocycles. The smallest absolute Gasteiger partial charge is 0.512 e. The van der Waals surface area contributed by atoms with Crippen molar-refractivity contribution >= 4 is 103 Å². The first-order valence-electron chi connectivity index (χ1n) is 1.34. The van der Waals surface area contributed by atoms with E-state index in [1.54, 1.807) is 0 Å². The average molecular weight is 401 g/mol. The number of hydrogen-bond acceptors (Lipinski definition) is 6. The molecule has 14 heteroatoms. The van der Waals surface area contributed by atoms with Crippen molar-refractivity contribution in [2.45, 2.75) is 0 Å². The van der Waals surface area contributed by atoms with E-state index in [4.69, 9.17) is 71.0 Å². The predicted molar refractivity (Wildman–Crippen MR) is 55.8 cm³/mol. The molecule has 0 amide bonds. The average Bonchev–Trinajstić information content (AvgIpc) is 2.33. The SMILES string of the molecule is O.O.O.O.[C-]#N.[C-]#N.[C-]#N.[C-]#N.[C-]#N.[C-]#N.[Fe+5].[K+].[K].[K]. The molecule has 3 radical (unpaired) electrons. The molecule has 20 heavy (non-hydrogen) atoms. The Morgan fingerprint density at radius 3 is 0.350 bits per heavy atom. The van der Waals surface area contributed by atoms with Crippen LogP contribution in [0.4, 0.5) is 0 Å². The fourth-order valence-corrected chi connectivity index (χ4v) is 0. The summed E-state index contributed by atoms with van der Waals surface area (Å²) in [6.07, 6.45) is 0. The molecule has 0 aliphatic rings. The largest absolute Gasteiger partial charge is 5.00 e. The fourth-order valence-electron chi connectivity index (χ4n) is 0. The van der Waals surface area contributed by atoms with Crippen LogP contribution in [0.2, 0.25) is 0 Å². The standard InChI is InChI=1S/6CN.Fe.3K.4H2O/c6*1-2;;;;;;;;/h;;;;;;;;;;4*1H2/q6*-1;+5;;;+1;;;;. The number of nitrogens with zero attached hydrogens (tertiary/aromatic N) is 6. The van der Waals surface area contributed by atoms with Gasteiger partial charge >= 0.3 is 68.5 Å². The maximum Gasteiger partial charge on any atom is 5.00 e. The van der Waals surface area contributed by atoms with Gasteiger partial charge in [-0.3, -0.25) is 0 Å². The molecule has 0 aliphatic heterocycles. The molecule has 0 atom stereocenters. The monoisotopic (exact) mass is 401 g/mol. The van der Waals surface area contributed by atoms with Crippen molar-refractivity contribution in [2.24, 2.45) is 0 Å². The molecule has 0 unspecified atom stereocenters. The second-order valence-corrected chi connectivity index (χ2v) is 0. The van der Waals surface area contributed by atoms with Crippen molar-refractivity contribution < 1.29 is 90.4 Å². The second-order valence-electron chi connectivity index (χ2n) is 0. The van der Waals surface area contributed by atoms with Crippen molar-refractivity contribution in [2.75, 3.05) is 0 Å². The molecule has 0 aliphatic carbocycles. The van der Waals surface area contributed by atoms with E-state index in [0.29, 0.717) is 0 Å². The van der Waals surface area contributed by atoms with Gasteiger partial charge in [0.15, 0.2) is 0 Å². The Morgan fingerprint density at radius 2 is 0.350 bits per heavy atom. The normalized spacial score (nSPS) is 0.600. The minimum absolute atomic E-state index is 0. The van der Waals surface area contributed by atoms with Crippen molar-refractivity contribution in [1.82, 2.24) is 0 Å². The summed E-state index contributed by atoms with van der Waals surface area (Å²) >= 11 is 0. The summed E-state index contributed by atoms with van der Waals surface area (Å²) in [5.41, 5.74) is 0. The second kappa shape index (κ2) is 1780. The summed E-state index contributed by atoms with van der Waals surface area (Å²) in [4.78, 5) is 0. The summed E-state index contributed by atoms with van der Waals surface area (Å²) in [5.74, 6) is 0. The first-order chi connectivity index (χ1) is 6.00. The van der Waals surface area contributed by atoms with Gasteiger partial charge in [-0.15, -0.1) is 0 Å². The number of hydrogen-bond donors (Lipinski definition) is 0. The van der Waals surface area contributed by atoms with Gasteiger partial charge in [0.2, 0.25) is 0 Å². The van der Waals surface area contributed by atoms with Crippen LogP contribution in [0.3, 0.4) is 0 Å². The summed E-state index contributed by atoms with van der Waals surface area (Å²) < 4.78 is 0. The van der Waals surface area contributed by atoms with Crippen LogP contribution in [0.5, 0.6) is 0 Å². The molecule has 10 nitrogen and oxygen atoms in total. The molecule has 97 valence electrons. The molecule has 0 saturated carbocycles. The minimum Gasteiger partial charge on any atom is -0.512 e. The van der Waals surface area contributed by atoms with Crippen molar-refractivity contribution in [3.63, 3.8) is 0 Å². The molecule has 0 aromatic rings. The molecule has 0 spiro atoms. The van der Waals surface area contributed by atoms with Crippen LogP contribution in [0, 0.1) is 71.0 Å². The Balaban J connectivity index is -0.00000000167. The van der Waals surface area contributed by atoms with Crippen LogP contribution in [0.15, 0.2) is 0 Å². The first-order valence-corrected chi connectivity index (χ1v) is 1.34. The maximum atomic E-state index is 6.25. The topological polar surface area (TPSA) is 269 Å².